The minimum absolute atomic E-state index is 0.0697. The monoisotopic (exact) mass is 188 g/mol. The zero-order valence-corrected chi connectivity index (χ0v) is 7.79. The number of halogens is 2. The van der Waals surface area contributed by atoms with Crippen LogP contribution in [0.1, 0.15) is 12.5 Å². The molecule has 1 aromatic carbocycles. The molecular weight excluding hydrogens is 178 g/mol. The van der Waals surface area contributed by atoms with Gasteiger partial charge in [0.25, 0.3) is 5.92 Å². The van der Waals surface area contributed by atoms with Crippen LogP contribution in [0.4, 0.5) is 8.78 Å². The van der Waals surface area contributed by atoms with Gasteiger partial charge in [-0.1, -0.05) is 12.1 Å². The second-order valence-corrected chi connectivity index (χ2v) is 3.50. The number of hydrogen-bond donors (Lipinski definition) is 0. The lowest BCUT2D eigenvalue weighted by Gasteiger charge is -2.10. The Morgan fingerprint density at radius 2 is 1.67 bits per heavy atom. The average Bonchev–Trinajstić information content (AvgIpc) is 2.03. The number of alkyl halides is 2. The second kappa shape index (κ2) is 3.44. The minimum atomic E-state index is -2.73. The maximum atomic E-state index is 12.7. The van der Waals surface area contributed by atoms with Crippen LogP contribution >= 0.6 is 11.8 Å². The van der Waals surface area contributed by atoms with Crippen molar-refractivity contribution < 1.29 is 8.78 Å². The first kappa shape index (κ1) is 9.52. The van der Waals surface area contributed by atoms with Crippen LogP contribution in [0.25, 0.3) is 0 Å². The lowest BCUT2D eigenvalue weighted by molar-refractivity contribution is 0.0174. The Bertz CT molecular complexity index is 248. The molecule has 0 saturated heterocycles. The molecule has 66 valence electrons. The first-order chi connectivity index (χ1) is 5.54. The molecule has 0 radical (unpaired) electrons. The molecule has 0 bridgehead atoms. The SMILES string of the molecule is CSc1ccc(C(C)(F)F)cc1. The second-order valence-electron chi connectivity index (χ2n) is 2.62. The fourth-order valence-electron chi connectivity index (χ4n) is 0.884. The first-order valence-electron chi connectivity index (χ1n) is 3.56. The quantitative estimate of drug-likeness (QED) is 0.640. The Hall–Kier alpha value is -0.570. The molecule has 3 heteroatoms. The van der Waals surface area contributed by atoms with Gasteiger partial charge in [-0.05, 0) is 18.4 Å². The molecule has 12 heavy (non-hydrogen) atoms. The molecular formula is C9H10F2S. The summed E-state index contributed by atoms with van der Waals surface area (Å²) < 4.78 is 25.4. The first-order valence-corrected chi connectivity index (χ1v) is 4.79. The summed E-state index contributed by atoms with van der Waals surface area (Å²) in [6.45, 7) is 0.904. The summed E-state index contributed by atoms with van der Waals surface area (Å²) in [7, 11) is 0. The van der Waals surface area contributed by atoms with Crippen LogP contribution in [0.2, 0.25) is 0 Å². The topological polar surface area (TPSA) is 0 Å². The van der Waals surface area contributed by atoms with Crippen molar-refractivity contribution >= 4 is 11.8 Å². The van der Waals surface area contributed by atoms with Gasteiger partial charge in [0.05, 0.1) is 0 Å². The van der Waals surface area contributed by atoms with Crippen molar-refractivity contribution in [2.24, 2.45) is 0 Å². The molecule has 0 aliphatic carbocycles. The fourth-order valence-corrected chi connectivity index (χ4v) is 1.29. The Labute approximate surface area is 75.0 Å². The Kier molecular flexibility index (Phi) is 2.73. The largest absolute Gasteiger partial charge is 0.270 e. The molecule has 1 rings (SSSR count). The van der Waals surface area contributed by atoms with Gasteiger partial charge in [0.15, 0.2) is 0 Å². The average molecular weight is 188 g/mol. The van der Waals surface area contributed by atoms with Crippen molar-refractivity contribution in [2.45, 2.75) is 17.7 Å². The summed E-state index contributed by atoms with van der Waals surface area (Å²) >= 11 is 1.54. The van der Waals surface area contributed by atoms with E-state index in [9.17, 15) is 8.78 Å². The summed E-state index contributed by atoms with van der Waals surface area (Å²) in [6, 6.07) is 6.34. The minimum Gasteiger partial charge on any atom is -0.202 e. The van der Waals surface area contributed by atoms with E-state index >= 15 is 0 Å². The van der Waals surface area contributed by atoms with Gasteiger partial charge in [-0.15, -0.1) is 11.8 Å². The van der Waals surface area contributed by atoms with Crippen molar-refractivity contribution in [3.8, 4) is 0 Å². The normalized spacial score (nSPS) is 11.7. The Morgan fingerprint density at radius 3 is 2.00 bits per heavy atom. The fraction of sp³-hybridized carbons (Fsp3) is 0.333. The zero-order chi connectivity index (χ0) is 9.19. The maximum Gasteiger partial charge on any atom is 0.270 e. The van der Waals surface area contributed by atoms with Gasteiger partial charge >= 0.3 is 0 Å². The summed E-state index contributed by atoms with van der Waals surface area (Å²) in [5.41, 5.74) is 0.0697. The van der Waals surface area contributed by atoms with E-state index < -0.39 is 5.92 Å². The van der Waals surface area contributed by atoms with Gasteiger partial charge < -0.3 is 0 Å². The summed E-state index contributed by atoms with van der Waals surface area (Å²) in [5, 5.41) is 0. The van der Waals surface area contributed by atoms with Crippen molar-refractivity contribution in [2.75, 3.05) is 6.26 Å². The third-order valence-corrected chi connectivity index (χ3v) is 2.34. The van der Waals surface area contributed by atoms with E-state index in [2.05, 4.69) is 0 Å². The van der Waals surface area contributed by atoms with E-state index in [1.165, 1.54) is 12.1 Å². The predicted octanol–water partition coefficient (Wildman–Crippen LogP) is 3.52. The summed E-state index contributed by atoms with van der Waals surface area (Å²) in [5.74, 6) is -2.73. The van der Waals surface area contributed by atoms with Crippen LogP contribution < -0.4 is 0 Å². The van der Waals surface area contributed by atoms with Crippen LogP contribution in [-0.2, 0) is 5.92 Å². The highest BCUT2D eigenvalue weighted by Gasteiger charge is 2.23. The number of hydrogen-bond acceptors (Lipinski definition) is 1. The van der Waals surface area contributed by atoms with Gasteiger partial charge in [0.1, 0.15) is 0 Å². The molecule has 0 saturated carbocycles. The van der Waals surface area contributed by atoms with Gasteiger partial charge in [-0.2, -0.15) is 0 Å². The smallest absolute Gasteiger partial charge is 0.202 e. The number of benzene rings is 1. The molecule has 0 aliphatic rings. The van der Waals surface area contributed by atoms with Gasteiger partial charge in [-0.3, -0.25) is 0 Å². The zero-order valence-electron chi connectivity index (χ0n) is 6.97. The van der Waals surface area contributed by atoms with E-state index in [1.807, 2.05) is 6.26 Å². The molecule has 0 atom stereocenters. The van der Waals surface area contributed by atoms with E-state index in [4.69, 9.17) is 0 Å². The molecule has 0 aromatic heterocycles. The summed E-state index contributed by atoms with van der Waals surface area (Å²) in [6.07, 6.45) is 1.92. The third kappa shape index (κ3) is 2.21. The van der Waals surface area contributed by atoms with Crippen LogP contribution in [0.3, 0.4) is 0 Å². The lowest BCUT2D eigenvalue weighted by atomic mass is 10.1. The highest BCUT2D eigenvalue weighted by atomic mass is 32.2. The number of thioether (sulfide) groups is 1. The summed E-state index contributed by atoms with van der Waals surface area (Å²) in [4.78, 5) is 1.00. The Balaban J connectivity index is 2.93. The number of rotatable bonds is 2. The standard InChI is InChI=1S/C9H10F2S/c1-9(10,11)7-3-5-8(12-2)6-4-7/h3-6H,1-2H3. The van der Waals surface area contributed by atoms with E-state index in [0.29, 0.717) is 0 Å². The lowest BCUT2D eigenvalue weighted by Crippen LogP contribution is -2.05. The third-order valence-electron chi connectivity index (χ3n) is 1.60. The van der Waals surface area contributed by atoms with Crippen molar-refractivity contribution in [1.82, 2.24) is 0 Å². The van der Waals surface area contributed by atoms with Gasteiger partial charge in [-0.25, -0.2) is 8.78 Å². The molecule has 0 unspecified atom stereocenters. The molecule has 0 amide bonds. The van der Waals surface area contributed by atoms with Crippen molar-refractivity contribution in [3.05, 3.63) is 29.8 Å². The molecule has 0 spiro atoms. The van der Waals surface area contributed by atoms with Crippen molar-refractivity contribution in [1.29, 1.82) is 0 Å². The maximum absolute atomic E-state index is 12.7. The van der Waals surface area contributed by atoms with Gasteiger partial charge in [0, 0.05) is 17.4 Å². The van der Waals surface area contributed by atoms with E-state index in [-0.39, 0.29) is 5.56 Å². The van der Waals surface area contributed by atoms with E-state index in [0.717, 1.165) is 11.8 Å². The molecule has 0 aliphatic heterocycles. The molecule has 0 fully saturated rings. The van der Waals surface area contributed by atoms with Crippen LogP contribution in [0.15, 0.2) is 29.2 Å². The Morgan fingerprint density at radius 1 is 1.17 bits per heavy atom. The van der Waals surface area contributed by atoms with E-state index in [1.54, 1.807) is 23.9 Å². The predicted molar refractivity (Wildman–Crippen MR) is 47.8 cm³/mol. The molecule has 0 heterocycles. The van der Waals surface area contributed by atoms with Crippen LogP contribution in [-0.4, -0.2) is 6.26 Å². The highest BCUT2D eigenvalue weighted by molar-refractivity contribution is 7.98. The molecule has 0 nitrogen and oxygen atoms in total. The molecule has 1 aromatic rings. The highest BCUT2D eigenvalue weighted by Crippen LogP contribution is 2.28. The van der Waals surface area contributed by atoms with Crippen LogP contribution in [0.5, 0.6) is 0 Å². The van der Waals surface area contributed by atoms with Crippen molar-refractivity contribution in [3.63, 3.8) is 0 Å². The molecule has 0 N–H and O–H groups in total. The van der Waals surface area contributed by atoms with Gasteiger partial charge in [0.2, 0.25) is 0 Å². The van der Waals surface area contributed by atoms with Crippen LogP contribution in [0, 0.1) is 0 Å².